The molecule has 0 aliphatic rings. The van der Waals surface area contributed by atoms with Crippen molar-refractivity contribution >= 4 is 18.5 Å². The van der Waals surface area contributed by atoms with Crippen molar-refractivity contribution in [2.75, 3.05) is 13.2 Å². The first kappa shape index (κ1) is 14.9. The first-order valence-corrected chi connectivity index (χ1v) is 5.11. The molecule has 0 bridgehead atoms. The van der Waals surface area contributed by atoms with Gasteiger partial charge in [0.1, 0.15) is 6.72 Å². The van der Waals surface area contributed by atoms with E-state index in [-0.39, 0.29) is 42.7 Å². The molecule has 0 amide bonds. The minimum absolute atomic E-state index is 0. The zero-order valence-corrected chi connectivity index (χ0v) is 9.85. The first-order chi connectivity index (χ1) is 4.45. The molecule has 8 heteroatoms. The minimum Gasteiger partial charge on any atom is -0.780 e. The first-order valence-electron chi connectivity index (χ1n) is 2.52. The summed E-state index contributed by atoms with van der Waals surface area (Å²) in [6.45, 7) is -4.18. The van der Waals surface area contributed by atoms with Crippen LogP contribution in [0.4, 0.5) is 0 Å². The molecule has 0 rings (SSSR count). The number of aliphatic hydroxyl groups is 1. The van der Waals surface area contributed by atoms with Crippen molar-refractivity contribution in [3.05, 3.63) is 0 Å². The largest absolute Gasteiger partial charge is 1.00 e. The molecule has 4 N–H and O–H groups in total. The van der Waals surface area contributed by atoms with E-state index in [0.29, 0.717) is 0 Å². The monoisotopic (exact) mass is 209 g/mol. The van der Waals surface area contributed by atoms with E-state index in [1.54, 1.807) is 0 Å². The molecule has 62 valence electrons. The van der Waals surface area contributed by atoms with Crippen LogP contribution in [0.15, 0.2) is 0 Å². The fourth-order valence-electron chi connectivity index (χ4n) is 0.248. The molecular formula is C3H9NNaO4PS. The van der Waals surface area contributed by atoms with Gasteiger partial charge in [0.05, 0.1) is 12.7 Å². The van der Waals surface area contributed by atoms with E-state index in [2.05, 4.69) is 16.3 Å². The number of aliphatic hydroxyl groups excluding tert-OH is 1. The van der Waals surface area contributed by atoms with Crippen LogP contribution in [0, 0.1) is 0 Å². The summed E-state index contributed by atoms with van der Waals surface area (Å²) < 4.78 is 4.18. The van der Waals surface area contributed by atoms with Crippen molar-refractivity contribution in [1.29, 1.82) is 0 Å². The average Bonchev–Trinajstić information content (AvgIpc) is 1.81. The van der Waals surface area contributed by atoms with Crippen molar-refractivity contribution in [2.24, 2.45) is 5.73 Å². The average molecular weight is 209 g/mol. The third-order valence-electron chi connectivity index (χ3n) is 0.702. The second-order valence-electron chi connectivity index (χ2n) is 1.65. The molecule has 1 unspecified atom stereocenters. The molecule has 0 saturated heterocycles. The fourth-order valence-corrected chi connectivity index (χ4v) is 0.791. The van der Waals surface area contributed by atoms with Crippen LogP contribution < -0.4 is 40.2 Å². The van der Waals surface area contributed by atoms with Crippen molar-refractivity contribution in [3.8, 4) is 0 Å². The zero-order valence-electron chi connectivity index (χ0n) is 6.14. The predicted molar refractivity (Wildman–Crippen MR) is 37.5 cm³/mol. The molecule has 0 spiro atoms. The van der Waals surface area contributed by atoms with Crippen LogP contribution in [0.2, 0.25) is 0 Å². The number of hydrogen-bond donors (Lipinski definition) is 3. The number of rotatable bonds is 4. The zero-order chi connectivity index (χ0) is 8.20. The quantitative estimate of drug-likeness (QED) is 0.316. The Hall–Kier alpha value is 1.45. The third-order valence-corrected chi connectivity index (χ3v) is 1.49. The van der Waals surface area contributed by atoms with Gasteiger partial charge >= 0.3 is 29.6 Å². The molecule has 0 saturated carbocycles. The van der Waals surface area contributed by atoms with Crippen molar-refractivity contribution in [1.82, 2.24) is 0 Å². The molecule has 0 fully saturated rings. The summed E-state index contributed by atoms with van der Waals surface area (Å²) in [5.74, 6) is 0. The summed E-state index contributed by atoms with van der Waals surface area (Å²) >= 11 is 3.99. The Kier molecular flexibility index (Phi) is 9.39. The van der Waals surface area contributed by atoms with Gasteiger partial charge in [-0.2, -0.15) is 0 Å². The SMILES string of the molecule is NC[C@H](O)COP([O-])(O)=S.[Na+]. The van der Waals surface area contributed by atoms with Gasteiger partial charge in [0.2, 0.25) is 0 Å². The van der Waals surface area contributed by atoms with E-state index >= 15 is 0 Å². The van der Waals surface area contributed by atoms with Gasteiger partial charge in [-0.05, 0) is 0 Å². The normalized spacial score (nSPS) is 18.2. The summed E-state index contributed by atoms with van der Waals surface area (Å²) in [6, 6.07) is 0. The maximum absolute atomic E-state index is 10.2. The number of hydrogen-bond acceptors (Lipinski definition) is 5. The van der Waals surface area contributed by atoms with Crippen LogP contribution in [0.25, 0.3) is 0 Å². The van der Waals surface area contributed by atoms with Crippen molar-refractivity contribution in [3.63, 3.8) is 0 Å². The van der Waals surface area contributed by atoms with E-state index in [9.17, 15) is 4.89 Å². The second-order valence-corrected chi connectivity index (χ2v) is 4.23. The van der Waals surface area contributed by atoms with Crippen LogP contribution >= 0.6 is 6.72 Å². The standard InChI is InChI=1S/C3H10NO4PS.Na/c4-1-3(5)2-8-9(6,7)10;/h3,5H,1-2,4H2,(H2,6,7,10);/q;+1/p-1/t3-;/m0./s1. The van der Waals surface area contributed by atoms with E-state index in [0.717, 1.165) is 0 Å². The van der Waals surface area contributed by atoms with Gasteiger partial charge in [-0.15, -0.1) is 0 Å². The second kappa shape index (κ2) is 6.91. The molecule has 11 heavy (non-hydrogen) atoms. The topological polar surface area (TPSA) is 98.8 Å². The van der Waals surface area contributed by atoms with Gasteiger partial charge in [-0.3, -0.25) is 0 Å². The van der Waals surface area contributed by atoms with E-state index in [1.165, 1.54) is 0 Å². The molecule has 5 nitrogen and oxygen atoms in total. The molecule has 0 heterocycles. The Morgan fingerprint density at radius 3 is 2.45 bits per heavy atom. The Labute approximate surface area is 92.1 Å². The molecule has 0 aliphatic carbocycles. The van der Waals surface area contributed by atoms with Gasteiger partial charge in [0, 0.05) is 6.54 Å². The number of nitrogens with two attached hydrogens (primary N) is 1. The van der Waals surface area contributed by atoms with Gasteiger partial charge in [0.25, 0.3) is 0 Å². The summed E-state index contributed by atoms with van der Waals surface area (Å²) in [7, 11) is 0. The van der Waals surface area contributed by atoms with Crippen LogP contribution in [0.1, 0.15) is 0 Å². The van der Waals surface area contributed by atoms with Gasteiger partial charge in [0.15, 0.2) is 0 Å². The third kappa shape index (κ3) is 11.5. The maximum Gasteiger partial charge on any atom is 1.00 e. The summed E-state index contributed by atoms with van der Waals surface area (Å²) in [5.41, 5.74) is 4.97. The van der Waals surface area contributed by atoms with E-state index in [4.69, 9.17) is 15.7 Å². The molecule has 0 aromatic carbocycles. The molecule has 2 atom stereocenters. The predicted octanol–water partition coefficient (Wildman–Crippen LogP) is -5.10. The van der Waals surface area contributed by atoms with Crippen LogP contribution in [0.3, 0.4) is 0 Å². The molecule has 0 aromatic heterocycles. The van der Waals surface area contributed by atoms with Crippen LogP contribution in [0.5, 0.6) is 0 Å². The molecular weight excluding hydrogens is 200 g/mol. The maximum atomic E-state index is 10.2. The molecule has 0 aromatic rings. The summed E-state index contributed by atoms with van der Waals surface area (Å²) in [6.07, 6.45) is -0.927. The van der Waals surface area contributed by atoms with Gasteiger partial charge in [-0.1, -0.05) is 11.8 Å². The Morgan fingerprint density at radius 1 is 1.73 bits per heavy atom. The van der Waals surface area contributed by atoms with E-state index in [1.807, 2.05) is 0 Å². The Morgan fingerprint density at radius 2 is 2.18 bits per heavy atom. The molecule has 0 radical (unpaired) electrons. The van der Waals surface area contributed by atoms with E-state index < -0.39 is 12.8 Å². The Balaban J connectivity index is 0. The smallest absolute Gasteiger partial charge is 0.780 e. The van der Waals surface area contributed by atoms with Crippen molar-refractivity contribution in [2.45, 2.75) is 6.10 Å². The minimum atomic E-state index is -3.86. The van der Waals surface area contributed by atoms with Crippen LogP contribution in [-0.4, -0.2) is 29.3 Å². The van der Waals surface area contributed by atoms with Gasteiger partial charge in [-0.25, -0.2) is 0 Å². The summed E-state index contributed by atoms with van der Waals surface area (Å²) in [4.78, 5) is 18.6. The van der Waals surface area contributed by atoms with Crippen molar-refractivity contribution < 1.29 is 49.0 Å². The van der Waals surface area contributed by atoms with Gasteiger partial charge < -0.3 is 25.2 Å². The summed E-state index contributed by atoms with van der Waals surface area (Å²) in [5, 5.41) is 8.69. The fraction of sp³-hybridized carbons (Fsp3) is 1.00. The Bertz CT molecular complexity index is 141. The van der Waals surface area contributed by atoms with Crippen LogP contribution in [-0.2, 0) is 16.3 Å². The molecule has 0 aliphatic heterocycles.